The molecule has 1 heterocycles. The molecule has 0 aliphatic carbocycles. The van der Waals surface area contributed by atoms with E-state index in [-0.39, 0.29) is 12.6 Å². The van der Waals surface area contributed by atoms with Gasteiger partial charge in [0.2, 0.25) is 0 Å². The number of nitrogens with zero attached hydrogens (tertiary/aromatic N) is 2. The van der Waals surface area contributed by atoms with E-state index in [1.807, 2.05) is 20.9 Å². The molecule has 1 aromatic heterocycles. The summed E-state index contributed by atoms with van der Waals surface area (Å²) in [4.78, 5) is 12.0. The summed E-state index contributed by atoms with van der Waals surface area (Å²) in [6, 6.07) is 0. The Morgan fingerprint density at radius 2 is 2.16 bits per heavy atom. The van der Waals surface area contributed by atoms with Crippen molar-refractivity contribution in [1.82, 2.24) is 9.78 Å². The molecule has 0 amide bonds. The minimum atomic E-state index is -0.293. The number of esters is 1. The summed E-state index contributed by atoms with van der Waals surface area (Å²) in [7, 11) is 1.83. The quantitative estimate of drug-likeness (QED) is 0.578. The molecule has 0 spiro atoms. The summed E-state index contributed by atoms with van der Waals surface area (Å²) in [6.45, 7) is 4.66. The van der Waals surface area contributed by atoms with Crippen molar-refractivity contribution in [1.29, 1.82) is 0 Å². The van der Waals surface area contributed by atoms with Crippen molar-refractivity contribution in [2.24, 2.45) is 13.0 Å². The number of carbonyl (C=O) groups excluding carboxylic acids is 1. The van der Waals surface area contributed by atoms with E-state index >= 15 is 0 Å². The third kappa shape index (κ3) is 5.03. The van der Waals surface area contributed by atoms with Crippen LogP contribution < -0.4 is 0 Å². The van der Waals surface area contributed by atoms with E-state index < -0.39 is 0 Å². The van der Waals surface area contributed by atoms with Gasteiger partial charge < -0.3 is 9.84 Å². The first-order chi connectivity index (χ1) is 9.06. The van der Waals surface area contributed by atoms with Crippen molar-refractivity contribution < 1.29 is 14.6 Å². The number of aryl methyl sites for hydroxylation is 1. The van der Waals surface area contributed by atoms with Crippen LogP contribution in [0.3, 0.4) is 0 Å². The first kappa shape index (κ1) is 15.7. The molecule has 0 bridgehead atoms. The molecular formula is C14H24N2O3. The Balaban J connectivity index is 2.60. The Kier molecular flexibility index (Phi) is 6.56. The molecule has 0 saturated carbocycles. The normalized spacial score (nSPS) is 11.0. The Labute approximate surface area is 114 Å². The van der Waals surface area contributed by atoms with Crippen LogP contribution in [0.4, 0.5) is 0 Å². The lowest BCUT2D eigenvalue weighted by molar-refractivity contribution is 0.0457. The fraction of sp³-hybridized carbons (Fsp3) is 0.714. The van der Waals surface area contributed by atoms with E-state index in [0.717, 1.165) is 31.4 Å². The van der Waals surface area contributed by atoms with Crippen LogP contribution in [0.2, 0.25) is 0 Å². The van der Waals surface area contributed by atoms with Gasteiger partial charge in [-0.1, -0.05) is 20.3 Å². The van der Waals surface area contributed by atoms with Crippen molar-refractivity contribution >= 4 is 5.97 Å². The predicted octanol–water partition coefficient (Wildman–Crippen LogP) is 1.94. The molecule has 0 saturated heterocycles. The van der Waals surface area contributed by atoms with Crippen LogP contribution in [-0.4, -0.2) is 34.1 Å². The van der Waals surface area contributed by atoms with Crippen LogP contribution in [0.25, 0.3) is 0 Å². The van der Waals surface area contributed by atoms with Crippen molar-refractivity contribution in [3.8, 4) is 0 Å². The zero-order chi connectivity index (χ0) is 14.3. The topological polar surface area (TPSA) is 64.3 Å². The molecule has 5 heteroatoms. The molecule has 1 rings (SSSR count). The fourth-order valence-corrected chi connectivity index (χ4v) is 1.83. The highest BCUT2D eigenvalue weighted by Gasteiger charge is 2.17. The summed E-state index contributed by atoms with van der Waals surface area (Å²) >= 11 is 0. The second-order valence-corrected chi connectivity index (χ2v) is 5.16. The third-order valence-corrected chi connectivity index (χ3v) is 2.90. The molecule has 1 aromatic rings. The van der Waals surface area contributed by atoms with Gasteiger partial charge in [0, 0.05) is 13.7 Å². The molecule has 0 fully saturated rings. The Bertz CT molecular complexity index is 399. The van der Waals surface area contributed by atoms with E-state index in [9.17, 15) is 4.79 Å². The van der Waals surface area contributed by atoms with E-state index in [1.54, 1.807) is 10.9 Å². The van der Waals surface area contributed by atoms with Crippen LogP contribution >= 0.6 is 0 Å². The molecule has 5 nitrogen and oxygen atoms in total. The lowest BCUT2D eigenvalue weighted by atomic mass is 10.1. The minimum Gasteiger partial charge on any atom is -0.462 e. The van der Waals surface area contributed by atoms with Gasteiger partial charge in [-0.15, -0.1) is 0 Å². The number of aromatic nitrogens is 2. The molecule has 1 N–H and O–H groups in total. The Morgan fingerprint density at radius 3 is 2.79 bits per heavy atom. The predicted molar refractivity (Wildman–Crippen MR) is 73.0 cm³/mol. The first-order valence-corrected chi connectivity index (χ1v) is 6.85. The van der Waals surface area contributed by atoms with E-state index in [2.05, 4.69) is 5.10 Å². The number of rotatable bonds is 8. The standard InChI is InChI=1S/C14H24N2O3/c1-11(2)10-19-14(18)12-9-15-16(3)13(12)7-5-4-6-8-17/h9,11,17H,4-8,10H2,1-3H3. The van der Waals surface area contributed by atoms with Gasteiger partial charge >= 0.3 is 5.97 Å². The van der Waals surface area contributed by atoms with Crippen molar-refractivity contribution in [2.45, 2.75) is 39.5 Å². The Morgan fingerprint density at radius 1 is 1.42 bits per heavy atom. The van der Waals surface area contributed by atoms with E-state index in [0.29, 0.717) is 18.1 Å². The summed E-state index contributed by atoms with van der Waals surface area (Å²) in [5.74, 6) is 0.0348. The molecule has 0 unspecified atom stereocenters. The maximum Gasteiger partial charge on any atom is 0.341 e. The maximum absolute atomic E-state index is 12.0. The fourth-order valence-electron chi connectivity index (χ4n) is 1.83. The molecular weight excluding hydrogens is 244 g/mol. The van der Waals surface area contributed by atoms with E-state index in [1.165, 1.54) is 0 Å². The van der Waals surface area contributed by atoms with Gasteiger partial charge in [0.25, 0.3) is 0 Å². The molecule has 0 aromatic carbocycles. The average Bonchev–Trinajstić information content (AvgIpc) is 2.73. The van der Waals surface area contributed by atoms with Crippen LogP contribution in [0.5, 0.6) is 0 Å². The number of unbranched alkanes of at least 4 members (excludes halogenated alkanes) is 2. The monoisotopic (exact) mass is 268 g/mol. The van der Waals surface area contributed by atoms with Crippen LogP contribution in [0.15, 0.2) is 6.20 Å². The van der Waals surface area contributed by atoms with Gasteiger partial charge in [-0.25, -0.2) is 4.79 Å². The molecule has 0 aliphatic rings. The SMILES string of the molecule is CC(C)COC(=O)c1cnn(C)c1CCCCCO. The zero-order valence-corrected chi connectivity index (χ0v) is 12.1. The van der Waals surface area contributed by atoms with Gasteiger partial charge in [0.15, 0.2) is 0 Å². The number of aliphatic hydroxyl groups excluding tert-OH is 1. The second kappa shape index (κ2) is 7.94. The third-order valence-electron chi connectivity index (χ3n) is 2.90. The van der Waals surface area contributed by atoms with E-state index in [4.69, 9.17) is 9.84 Å². The van der Waals surface area contributed by atoms with Gasteiger partial charge in [-0.3, -0.25) is 4.68 Å². The number of aliphatic hydroxyl groups is 1. The largest absolute Gasteiger partial charge is 0.462 e. The highest BCUT2D eigenvalue weighted by atomic mass is 16.5. The average molecular weight is 268 g/mol. The number of ether oxygens (including phenoxy) is 1. The maximum atomic E-state index is 12.0. The highest BCUT2D eigenvalue weighted by Crippen LogP contribution is 2.13. The second-order valence-electron chi connectivity index (χ2n) is 5.16. The first-order valence-electron chi connectivity index (χ1n) is 6.85. The smallest absolute Gasteiger partial charge is 0.341 e. The molecule has 0 aliphatic heterocycles. The van der Waals surface area contributed by atoms with Crippen molar-refractivity contribution in [3.63, 3.8) is 0 Å². The summed E-state index contributed by atoms with van der Waals surface area (Å²) in [5.41, 5.74) is 1.47. The molecule has 19 heavy (non-hydrogen) atoms. The number of hydrogen-bond donors (Lipinski definition) is 1. The van der Waals surface area contributed by atoms with Gasteiger partial charge in [-0.05, 0) is 25.2 Å². The van der Waals surface area contributed by atoms with Crippen LogP contribution in [0.1, 0.15) is 49.2 Å². The van der Waals surface area contributed by atoms with Gasteiger partial charge in [0.05, 0.1) is 18.5 Å². The highest BCUT2D eigenvalue weighted by molar-refractivity contribution is 5.90. The minimum absolute atomic E-state index is 0.217. The summed E-state index contributed by atoms with van der Waals surface area (Å²) in [5, 5.41) is 12.9. The summed E-state index contributed by atoms with van der Waals surface area (Å²) in [6.07, 6.45) is 5.03. The Hall–Kier alpha value is -1.36. The summed E-state index contributed by atoms with van der Waals surface area (Å²) < 4.78 is 6.97. The number of hydrogen-bond acceptors (Lipinski definition) is 4. The van der Waals surface area contributed by atoms with Crippen molar-refractivity contribution in [2.75, 3.05) is 13.2 Å². The lowest BCUT2D eigenvalue weighted by Crippen LogP contribution is -2.12. The van der Waals surface area contributed by atoms with Gasteiger partial charge in [0.1, 0.15) is 5.56 Å². The molecule has 0 atom stereocenters. The molecule has 108 valence electrons. The van der Waals surface area contributed by atoms with Crippen LogP contribution in [-0.2, 0) is 18.2 Å². The van der Waals surface area contributed by atoms with Crippen LogP contribution in [0, 0.1) is 5.92 Å². The lowest BCUT2D eigenvalue weighted by Gasteiger charge is -2.08. The van der Waals surface area contributed by atoms with Gasteiger partial charge in [-0.2, -0.15) is 5.10 Å². The molecule has 0 radical (unpaired) electrons. The van der Waals surface area contributed by atoms with Crippen molar-refractivity contribution in [3.05, 3.63) is 17.5 Å². The number of carbonyl (C=O) groups is 1. The zero-order valence-electron chi connectivity index (χ0n) is 12.1.